The molecule has 1 amide bonds. The first kappa shape index (κ1) is 13.0. The van der Waals surface area contributed by atoms with Gasteiger partial charge in [-0.05, 0) is 24.1 Å². The number of carbonyl (C=O) groups excluding carboxylic acids is 1. The molecule has 1 N–H and O–H groups in total. The van der Waals surface area contributed by atoms with Crippen LogP contribution in [0.1, 0.15) is 5.56 Å². The van der Waals surface area contributed by atoms with E-state index in [-0.39, 0.29) is 12.4 Å². The summed E-state index contributed by atoms with van der Waals surface area (Å²) in [5, 5.41) is 2.07. The fourth-order valence-electron chi connectivity index (χ4n) is 1.12. The van der Waals surface area contributed by atoms with Gasteiger partial charge in [-0.3, -0.25) is 4.79 Å². The van der Waals surface area contributed by atoms with Crippen molar-refractivity contribution in [2.45, 2.75) is 12.8 Å². The van der Waals surface area contributed by atoms with E-state index >= 15 is 0 Å². The minimum atomic E-state index is -3.00. The van der Waals surface area contributed by atoms with Gasteiger partial charge in [0.25, 0.3) is 5.91 Å². The summed E-state index contributed by atoms with van der Waals surface area (Å²) in [4.78, 5) is 10.5. The van der Waals surface area contributed by atoms with Crippen LogP contribution in [-0.4, -0.2) is 18.9 Å². The second-order valence-corrected chi connectivity index (χ2v) is 3.93. The maximum absolute atomic E-state index is 12.7. The molecule has 0 spiro atoms. The van der Waals surface area contributed by atoms with Gasteiger partial charge in [0.15, 0.2) is 0 Å². The lowest BCUT2D eigenvalue weighted by Crippen LogP contribution is -2.31. The zero-order valence-electron chi connectivity index (χ0n) is 8.14. The van der Waals surface area contributed by atoms with Crippen molar-refractivity contribution in [3.05, 3.63) is 34.1 Å². The van der Waals surface area contributed by atoms with E-state index in [2.05, 4.69) is 21.2 Å². The highest BCUT2D eigenvalue weighted by atomic mass is 79.9. The third-order valence-electron chi connectivity index (χ3n) is 1.91. The summed E-state index contributed by atoms with van der Waals surface area (Å²) in [5.74, 6) is -1.68. The van der Waals surface area contributed by atoms with Gasteiger partial charge >= 0.3 is 6.43 Å². The van der Waals surface area contributed by atoms with Gasteiger partial charge in [-0.25, -0.2) is 4.39 Å². The molecular weight excluding hydrogens is 287 g/mol. The molecule has 0 atom stereocenters. The minimum absolute atomic E-state index is 0.0907. The van der Waals surface area contributed by atoms with Crippen molar-refractivity contribution < 1.29 is 18.0 Å². The molecule has 0 unspecified atom stereocenters. The van der Waals surface area contributed by atoms with Crippen LogP contribution >= 0.6 is 15.9 Å². The van der Waals surface area contributed by atoms with Crippen molar-refractivity contribution in [3.8, 4) is 0 Å². The summed E-state index contributed by atoms with van der Waals surface area (Å²) in [5.41, 5.74) is 0.746. The molecule has 0 fully saturated rings. The smallest absolute Gasteiger partial charge is 0.315 e. The molecule has 0 heterocycles. The number of amides is 1. The monoisotopic (exact) mass is 295 g/mol. The Morgan fingerprint density at radius 3 is 2.69 bits per heavy atom. The first-order valence-electron chi connectivity index (χ1n) is 4.50. The molecule has 1 aromatic rings. The van der Waals surface area contributed by atoms with E-state index in [1.54, 1.807) is 0 Å². The van der Waals surface area contributed by atoms with Crippen molar-refractivity contribution in [2.75, 3.05) is 6.54 Å². The summed E-state index contributed by atoms with van der Waals surface area (Å²) in [6.07, 6.45) is -2.64. The number of nitrogens with one attached hydrogen (secondary N) is 1. The van der Waals surface area contributed by atoms with Crippen LogP contribution in [0.25, 0.3) is 0 Å². The lowest BCUT2D eigenvalue weighted by molar-refractivity contribution is -0.131. The summed E-state index contributed by atoms with van der Waals surface area (Å²) in [7, 11) is 0. The number of alkyl halides is 2. The predicted octanol–water partition coefficient (Wildman–Crippen LogP) is 2.51. The van der Waals surface area contributed by atoms with Crippen molar-refractivity contribution in [1.82, 2.24) is 5.32 Å². The SMILES string of the molecule is O=C(NCCc1ccc(F)cc1Br)C(F)F. The van der Waals surface area contributed by atoms with E-state index in [9.17, 15) is 18.0 Å². The van der Waals surface area contributed by atoms with Crippen molar-refractivity contribution in [3.63, 3.8) is 0 Å². The Balaban J connectivity index is 2.46. The van der Waals surface area contributed by atoms with E-state index in [0.717, 1.165) is 5.56 Å². The zero-order chi connectivity index (χ0) is 12.1. The van der Waals surface area contributed by atoms with Crippen LogP contribution < -0.4 is 5.32 Å². The van der Waals surface area contributed by atoms with Gasteiger partial charge in [-0.1, -0.05) is 22.0 Å². The number of hydrogen-bond acceptors (Lipinski definition) is 1. The van der Waals surface area contributed by atoms with Crippen LogP contribution in [0.4, 0.5) is 13.2 Å². The Hall–Kier alpha value is -1.04. The van der Waals surface area contributed by atoms with Gasteiger partial charge in [0.05, 0.1) is 0 Å². The molecule has 0 saturated carbocycles. The summed E-state index contributed by atoms with van der Waals surface area (Å²) in [6, 6.07) is 4.09. The quantitative estimate of drug-likeness (QED) is 0.909. The second-order valence-electron chi connectivity index (χ2n) is 3.08. The Morgan fingerprint density at radius 2 is 2.12 bits per heavy atom. The first-order chi connectivity index (χ1) is 7.50. The molecule has 0 bridgehead atoms. The number of rotatable bonds is 4. The Bertz CT molecular complexity index is 384. The molecule has 1 aromatic carbocycles. The van der Waals surface area contributed by atoms with Gasteiger partial charge in [-0.15, -0.1) is 0 Å². The van der Waals surface area contributed by atoms with Crippen LogP contribution in [0.3, 0.4) is 0 Å². The number of halogens is 4. The number of benzene rings is 1. The Morgan fingerprint density at radius 1 is 1.44 bits per heavy atom. The maximum atomic E-state index is 12.7. The lowest BCUT2D eigenvalue weighted by Gasteiger charge is -2.06. The third-order valence-corrected chi connectivity index (χ3v) is 2.65. The van der Waals surface area contributed by atoms with Crippen molar-refractivity contribution in [2.24, 2.45) is 0 Å². The average molecular weight is 296 g/mol. The fraction of sp³-hybridized carbons (Fsp3) is 0.300. The highest BCUT2D eigenvalue weighted by Gasteiger charge is 2.13. The van der Waals surface area contributed by atoms with Gasteiger partial charge in [0.2, 0.25) is 0 Å². The normalized spacial score (nSPS) is 10.6. The first-order valence-corrected chi connectivity index (χ1v) is 5.30. The molecule has 0 aliphatic heterocycles. The summed E-state index contributed by atoms with van der Waals surface area (Å²) < 4.78 is 36.9. The molecule has 2 nitrogen and oxygen atoms in total. The van der Waals surface area contributed by atoms with E-state index in [0.29, 0.717) is 10.9 Å². The van der Waals surface area contributed by atoms with Crippen LogP contribution in [-0.2, 0) is 11.2 Å². The molecule has 16 heavy (non-hydrogen) atoms. The molecule has 0 aliphatic rings. The van der Waals surface area contributed by atoms with E-state index < -0.39 is 12.3 Å². The van der Waals surface area contributed by atoms with Gasteiger partial charge < -0.3 is 5.32 Å². The van der Waals surface area contributed by atoms with Gasteiger partial charge in [0.1, 0.15) is 5.82 Å². The molecule has 0 aliphatic carbocycles. The molecule has 0 aromatic heterocycles. The highest BCUT2D eigenvalue weighted by Crippen LogP contribution is 2.18. The van der Waals surface area contributed by atoms with E-state index in [1.807, 2.05) is 0 Å². The highest BCUT2D eigenvalue weighted by molar-refractivity contribution is 9.10. The van der Waals surface area contributed by atoms with Crippen molar-refractivity contribution >= 4 is 21.8 Å². The zero-order valence-corrected chi connectivity index (χ0v) is 9.73. The molecule has 88 valence electrons. The Kier molecular flexibility index (Phi) is 4.79. The molecule has 6 heteroatoms. The van der Waals surface area contributed by atoms with Crippen LogP contribution in [0.5, 0.6) is 0 Å². The van der Waals surface area contributed by atoms with E-state index in [1.165, 1.54) is 18.2 Å². The molecular formula is C10H9BrF3NO. The van der Waals surface area contributed by atoms with Gasteiger partial charge in [-0.2, -0.15) is 8.78 Å². The van der Waals surface area contributed by atoms with Crippen LogP contribution in [0, 0.1) is 5.82 Å². The number of carbonyl (C=O) groups is 1. The lowest BCUT2D eigenvalue weighted by atomic mass is 10.1. The summed E-state index contributed by atoms with van der Waals surface area (Å²) in [6.45, 7) is 0.0907. The standard InChI is InChI=1S/C10H9BrF3NO/c11-8-5-7(12)2-1-6(8)3-4-15-10(16)9(13)14/h1-2,5,9H,3-4H2,(H,15,16). The Labute approximate surface area is 99.0 Å². The second kappa shape index (κ2) is 5.89. The topological polar surface area (TPSA) is 29.1 Å². The van der Waals surface area contributed by atoms with Crippen molar-refractivity contribution in [1.29, 1.82) is 0 Å². The molecule has 0 radical (unpaired) electrons. The average Bonchev–Trinajstić information content (AvgIpc) is 2.20. The van der Waals surface area contributed by atoms with Crippen LogP contribution in [0.2, 0.25) is 0 Å². The van der Waals surface area contributed by atoms with Crippen LogP contribution in [0.15, 0.2) is 22.7 Å². The maximum Gasteiger partial charge on any atom is 0.315 e. The number of hydrogen-bond donors (Lipinski definition) is 1. The summed E-state index contributed by atoms with van der Waals surface area (Å²) >= 11 is 3.14. The van der Waals surface area contributed by atoms with E-state index in [4.69, 9.17) is 0 Å². The van der Waals surface area contributed by atoms with Gasteiger partial charge in [0, 0.05) is 11.0 Å². The predicted molar refractivity (Wildman–Crippen MR) is 56.8 cm³/mol. The fourth-order valence-corrected chi connectivity index (χ4v) is 1.67. The minimum Gasteiger partial charge on any atom is -0.351 e. The molecule has 0 saturated heterocycles. The third kappa shape index (κ3) is 3.84. The largest absolute Gasteiger partial charge is 0.351 e. The molecule has 1 rings (SSSR count).